The number of hydrogen-bond donors (Lipinski definition) is 3. The number of ether oxygens (including phenoxy) is 1. The zero-order valence-corrected chi connectivity index (χ0v) is 22.5. The van der Waals surface area contributed by atoms with Crippen LogP contribution < -0.4 is 10.0 Å². The molecule has 3 N–H and O–H groups in total. The number of aliphatic carboxylic acids is 1. The zero-order chi connectivity index (χ0) is 28.8. The van der Waals surface area contributed by atoms with Gasteiger partial charge in [-0.05, 0) is 53.1 Å². The van der Waals surface area contributed by atoms with E-state index in [9.17, 15) is 23.1 Å². The van der Waals surface area contributed by atoms with Crippen LogP contribution in [0.25, 0.3) is 22.1 Å². The summed E-state index contributed by atoms with van der Waals surface area (Å²) in [6.45, 7) is -0.207. The summed E-state index contributed by atoms with van der Waals surface area (Å²) in [7, 11) is -3.90. The van der Waals surface area contributed by atoms with Crippen molar-refractivity contribution < 1.29 is 32.3 Å². The van der Waals surface area contributed by atoms with E-state index in [1.807, 2.05) is 48.5 Å². The number of carbonyl (C=O) groups is 2. The van der Waals surface area contributed by atoms with E-state index in [0.29, 0.717) is 16.9 Å². The van der Waals surface area contributed by atoms with Crippen molar-refractivity contribution in [1.82, 2.24) is 5.32 Å². The molecular formula is C31H26N2O7S. The molecule has 9 nitrogen and oxygen atoms in total. The van der Waals surface area contributed by atoms with E-state index in [2.05, 4.69) is 10.0 Å². The number of benzene rings is 4. The summed E-state index contributed by atoms with van der Waals surface area (Å²) in [4.78, 5) is 24.6. The molecule has 1 unspecified atom stereocenters. The lowest BCUT2D eigenvalue weighted by molar-refractivity contribution is -0.139. The second-order valence-electron chi connectivity index (χ2n) is 9.22. The van der Waals surface area contributed by atoms with Crippen molar-refractivity contribution in [3.8, 4) is 11.1 Å². The molecule has 0 fully saturated rings. The minimum atomic E-state index is -3.90. The third-order valence-electron chi connectivity index (χ3n) is 6.35. The number of para-hydroxylation sites is 1. The van der Waals surface area contributed by atoms with E-state index in [-0.39, 0.29) is 23.6 Å². The predicted molar refractivity (Wildman–Crippen MR) is 154 cm³/mol. The summed E-state index contributed by atoms with van der Waals surface area (Å²) in [6, 6.07) is 30.2. The van der Waals surface area contributed by atoms with Gasteiger partial charge in [-0.25, -0.2) is 18.0 Å². The van der Waals surface area contributed by atoms with Crippen LogP contribution in [0.2, 0.25) is 0 Å². The Balaban J connectivity index is 1.23. The van der Waals surface area contributed by atoms with Crippen LogP contribution in [-0.4, -0.2) is 31.6 Å². The monoisotopic (exact) mass is 570 g/mol. The number of hydrogen-bond acceptors (Lipinski definition) is 6. The van der Waals surface area contributed by atoms with Gasteiger partial charge in [0.25, 0.3) is 10.0 Å². The number of carboxylic acid groups (broad SMARTS) is 1. The van der Waals surface area contributed by atoms with Crippen LogP contribution in [0.15, 0.2) is 119 Å². The van der Waals surface area contributed by atoms with Crippen molar-refractivity contribution in [2.24, 2.45) is 0 Å². The molecule has 0 saturated carbocycles. The molecule has 0 aliphatic carbocycles. The summed E-state index contributed by atoms with van der Waals surface area (Å²) < 4.78 is 39.1. The van der Waals surface area contributed by atoms with Crippen molar-refractivity contribution >= 4 is 38.7 Å². The van der Waals surface area contributed by atoms with Gasteiger partial charge in [0.05, 0.1) is 10.6 Å². The van der Waals surface area contributed by atoms with Gasteiger partial charge in [-0.3, -0.25) is 4.72 Å². The maximum atomic E-state index is 12.8. The van der Waals surface area contributed by atoms with E-state index in [0.717, 1.165) is 16.5 Å². The molecule has 0 aliphatic heterocycles. The van der Waals surface area contributed by atoms with E-state index >= 15 is 0 Å². The zero-order valence-electron chi connectivity index (χ0n) is 21.7. The van der Waals surface area contributed by atoms with Gasteiger partial charge >= 0.3 is 12.1 Å². The Morgan fingerprint density at radius 1 is 0.829 bits per heavy atom. The molecule has 41 heavy (non-hydrogen) atoms. The fourth-order valence-electron chi connectivity index (χ4n) is 4.32. The molecule has 0 saturated heterocycles. The van der Waals surface area contributed by atoms with Crippen LogP contribution in [0.4, 0.5) is 10.5 Å². The van der Waals surface area contributed by atoms with Crippen LogP contribution in [0, 0.1) is 0 Å². The topological polar surface area (TPSA) is 135 Å². The molecule has 10 heteroatoms. The quantitative estimate of drug-likeness (QED) is 0.192. The molecule has 4 aromatic carbocycles. The Morgan fingerprint density at radius 2 is 1.51 bits per heavy atom. The maximum absolute atomic E-state index is 12.8. The Labute approximate surface area is 236 Å². The molecule has 5 rings (SSSR count). The highest BCUT2D eigenvalue weighted by molar-refractivity contribution is 7.92. The van der Waals surface area contributed by atoms with Crippen LogP contribution in [0.5, 0.6) is 0 Å². The highest BCUT2D eigenvalue weighted by atomic mass is 32.2. The number of anilines is 1. The van der Waals surface area contributed by atoms with Gasteiger partial charge in [-0.1, -0.05) is 72.8 Å². The molecule has 1 heterocycles. The lowest BCUT2D eigenvalue weighted by Crippen LogP contribution is -2.42. The van der Waals surface area contributed by atoms with Crippen LogP contribution >= 0.6 is 0 Å². The third kappa shape index (κ3) is 6.74. The van der Waals surface area contributed by atoms with E-state index in [1.54, 1.807) is 42.5 Å². The van der Waals surface area contributed by atoms with E-state index in [1.165, 1.54) is 18.2 Å². The first-order valence-electron chi connectivity index (χ1n) is 12.7. The fourth-order valence-corrected chi connectivity index (χ4v) is 5.44. The molecule has 208 valence electrons. The highest BCUT2D eigenvalue weighted by Gasteiger charge is 2.24. The maximum Gasteiger partial charge on any atom is 0.408 e. The Morgan fingerprint density at radius 3 is 2.24 bits per heavy atom. The summed E-state index contributed by atoms with van der Waals surface area (Å²) in [5, 5.41) is 12.9. The van der Waals surface area contributed by atoms with Crippen LogP contribution in [-0.2, 0) is 32.6 Å². The fraction of sp³-hybridized carbons (Fsp3) is 0.0968. The second-order valence-corrected chi connectivity index (χ2v) is 10.9. The third-order valence-corrected chi connectivity index (χ3v) is 7.73. The number of alkyl carbamates (subject to hydrolysis) is 1. The van der Waals surface area contributed by atoms with Crippen molar-refractivity contribution in [2.45, 2.75) is 24.0 Å². The van der Waals surface area contributed by atoms with Gasteiger partial charge in [0.1, 0.15) is 17.4 Å². The average molecular weight is 571 g/mol. The molecule has 0 bridgehead atoms. The minimum absolute atomic E-state index is 0.0631. The Hall–Kier alpha value is -5.09. The number of sulfonamides is 1. The highest BCUT2D eigenvalue weighted by Crippen LogP contribution is 2.27. The Bertz CT molecular complexity index is 1790. The summed E-state index contributed by atoms with van der Waals surface area (Å²) in [5.74, 6) is -0.909. The first kappa shape index (κ1) is 27.5. The molecule has 5 aromatic rings. The molecule has 1 amide bonds. The lowest BCUT2D eigenvalue weighted by Gasteiger charge is -2.17. The smallest absolute Gasteiger partial charge is 0.408 e. The second kappa shape index (κ2) is 12.0. The molecule has 1 atom stereocenters. The van der Waals surface area contributed by atoms with Crippen LogP contribution in [0.1, 0.15) is 11.3 Å². The number of amides is 1. The van der Waals surface area contributed by atoms with Crippen molar-refractivity contribution in [3.05, 3.63) is 121 Å². The van der Waals surface area contributed by atoms with Gasteiger partial charge in [-0.2, -0.15) is 0 Å². The van der Waals surface area contributed by atoms with Gasteiger partial charge in [0, 0.05) is 11.8 Å². The molecule has 0 aliphatic rings. The summed E-state index contributed by atoms with van der Waals surface area (Å²) in [5.41, 5.74) is 3.28. The van der Waals surface area contributed by atoms with E-state index < -0.39 is 28.1 Å². The average Bonchev–Trinajstić information content (AvgIpc) is 3.40. The Kier molecular flexibility index (Phi) is 8.02. The normalized spacial score (nSPS) is 12.0. The van der Waals surface area contributed by atoms with E-state index in [4.69, 9.17) is 9.15 Å². The molecule has 1 aromatic heterocycles. The SMILES string of the molecule is O=C(NC(Cc1ccccc1NS(=O)(=O)c1ccccc1)C(=O)O)OCc1cc2cc(-c3ccccc3)ccc2o1. The number of carbonyl (C=O) groups excluding carboxylic acids is 1. The van der Waals surface area contributed by atoms with Gasteiger partial charge in [0.2, 0.25) is 0 Å². The summed E-state index contributed by atoms with van der Waals surface area (Å²) in [6.07, 6.45) is -1.14. The van der Waals surface area contributed by atoms with Crippen LogP contribution in [0.3, 0.4) is 0 Å². The van der Waals surface area contributed by atoms with Gasteiger partial charge < -0.3 is 19.6 Å². The first-order valence-corrected chi connectivity index (χ1v) is 14.2. The number of rotatable bonds is 10. The van der Waals surface area contributed by atoms with Crippen molar-refractivity contribution in [2.75, 3.05) is 4.72 Å². The van der Waals surface area contributed by atoms with Gasteiger partial charge in [-0.15, -0.1) is 0 Å². The predicted octanol–water partition coefficient (Wildman–Crippen LogP) is 5.82. The van der Waals surface area contributed by atoms with Crippen molar-refractivity contribution in [3.63, 3.8) is 0 Å². The largest absolute Gasteiger partial charge is 0.480 e. The minimum Gasteiger partial charge on any atom is -0.480 e. The number of fused-ring (bicyclic) bond motifs is 1. The number of furan rings is 1. The molecule has 0 spiro atoms. The lowest BCUT2D eigenvalue weighted by atomic mass is 10.0. The number of nitrogens with one attached hydrogen (secondary N) is 2. The summed E-state index contributed by atoms with van der Waals surface area (Å²) >= 11 is 0. The molecule has 0 radical (unpaired) electrons. The van der Waals surface area contributed by atoms with Gasteiger partial charge in [0.15, 0.2) is 6.61 Å². The number of carboxylic acids is 1. The first-order chi connectivity index (χ1) is 19.8. The standard InChI is InChI=1S/C31H26N2O7S/c34-30(35)28(19-23-11-7-8-14-27(23)33-41(37,38)26-12-5-2-6-13-26)32-31(36)39-20-25-18-24-17-22(15-16-29(24)40-25)21-9-3-1-4-10-21/h1-18,28,33H,19-20H2,(H,32,36)(H,34,35). The molecular weight excluding hydrogens is 544 g/mol. The van der Waals surface area contributed by atoms with Crippen molar-refractivity contribution in [1.29, 1.82) is 0 Å².